The van der Waals surface area contributed by atoms with E-state index in [1.807, 2.05) is 109 Å². The van der Waals surface area contributed by atoms with Crippen LogP contribution in [0.25, 0.3) is 22.6 Å². The van der Waals surface area contributed by atoms with Crippen molar-refractivity contribution in [1.82, 2.24) is 15.6 Å². The minimum absolute atomic E-state index is 0.00392. The van der Waals surface area contributed by atoms with Gasteiger partial charge in [0.25, 0.3) is 5.22 Å². The lowest BCUT2D eigenvalue weighted by Crippen LogP contribution is -2.38. The molecule has 2 amide bonds. The van der Waals surface area contributed by atoms with Crippen LogP contribution in [-0.4, -0.2) is 40.3 Å². The number of ether oxygens (including phenoxy) is 2. The summed E-state index contributed by atoms with van der Waals surface area (Å²) >= 11 is 1.53. The standard InChI is InChI=1S/C43H47N3O6S/c1-29-37(28-53-43-46-39(33-12-6-3-7-13-33)41(52-43)34-14-8-4-9-15-34)50-42(51-40(29)35-21-19-32(27-47)20-22-35)36-23-17-31(18-24-36)26-45-38(49)16-10-5-11-25-44-30(2)48/h3-4,6-9,12-15,17-24,29,37,40,42,47H,5,10-11,16,25-28H2,1-2H3,(H,44,48)(H,45,49)/t29-,37+,40+,42+/m0/s1. The molecule has 0 radical (unpaired) electrons. The van der Waals surface area contributed by atoms with E-state index in [-0.39, 0.29) is 36.5 Å². The van der Waals surface area contributed by atoms with E-state index in [0.717, 1.165) is 64.1 Å². The van der Waals surface area contributed by atoms with Crippen molar-refractivity contribution in [2.45, 2.75) is 76.4 Å². The fraction of sp³-hybridized carbons (Fsp3) is 0.326. The molecular weight excluding hydrogens is 687 g/mol. The van der Waals surface area contributed by atoms with Crippen molar-refractivity contribution in [3.8, 4) is 22.6 Å². The van der Waals surface area contributed by atoms with Crippen LogP contribution in [0.1, 0.15) is 74.2 Å². The van der Waals surface area contributed by atoms with Crippen molar-refractivity contribution in [3.63, 3.8) is 0 Å². The van der Waals surface area contributed by atoms with Gasteiger partial charge in [0.1, 0.15) is 5.69 Å². The van der Waals surface area contributed by atoms with Crippen LogP contribution < -0.4 is 10.6 Å². The van der Waals surface area contributed by atoms with E-state index in [1.165, 1.54) is 18.7 Å². The zero-order chi connectivity index (χ0) is 37.0. The Hall–Kier alpha value is -4.74. The van der Waals surface area contributed by atoms with Crippen molar-refractivity contribution >= 4 is 23.6 Å². The first-order valence-corrected chi connectivity index (χ1v) is 19.2. The number of rotatable bonds is 16. The molecule has 53 heavy (non-hydrogen) atoms. The molecular formula is C43H47N3O6S. The van der Waals surface area contributed by atoms with Gasteiger partial charge in [-0.2, -0.15) is 0 Å². The average molecular weight is 734 g/mol. The van der Waals surface area contributed by atoms with Crippen LogP contribution in [0, 0.1) is 5.92 Å². The van der Waals surface area contributed by atoms with Crippen molar-refractivity contribution in [2.75, 3.05) is 12.3 Å². The van der Waals surface area contributed by atoms with Crippen LogP contribution in [0.4, 0.5) is 0 Å². The molecule has 0 unspecified atom stereocenters. The SMILES string of the molecule is CC(=O)NCCCCCC(=O)NCc1ccc([C@@H]2O[C@H](CSc3nc(-c4ccccc4)c(-c4ccccc4)o3)[C@H](C)[C@H](c3ccc(CO)cc3)O2)cc1. The fourth-order valence-corrected chi connectivity index (χ4v) is 7.32. The third-order valence-electron chi connectivity index (χ3n) is 9.38. The molecule has 1 aliphatic heterocycles. The molecule has 2 heterocycles. The van der Waals surface area contributed by atoms with Gasteiger partial charge in [0.2, 0.25) is 11.8 Å². The van der Waals surface area contributed by atoms with Crippen LogP contribution in [0.15, 0.2) is 119 Å². The average Bonchev–Trinajstić information content (AvgIpc) is 3.63. The maximum Gasteiger partial charge on any atom is 0.256 e. The summed E-state index contributed by atoms with van der Waals surface area (Å²) in [5, 5.41) is 16.0. The van der Waals surface area contributed by atoms with Gasteiger partial charge in [-0.25, -0.2) is 4.98 Å². The van der Waals surface area contributed by atoms with Gasteiger partial charge in [-0.15, -0.1) is 0 Å². The predicted octanol–water partition coefficient (Wildman–Crippen LogP) is 8.40. The quantitative estimate of drug-likeness (QED) is 0.0683. The molecule has 1 fully saturated rings. The summed E-state index contributed by atoms with van der Waals surface area (Å²) in [6.45, 7) is 4.69. The number of amides is 2. The number of nitrogens with one attached hydrogen (secondary N) is 2. The topological polar surface area (TPSA) is 123 Å². The summed E-state index contributed by atoms with van der Waals surface area (Å²) in [4.78, 5) is 28.4. The summed E-state index contributed by atoms with van der Waals surface area (Å²) in [6, 6.07) is 36.0. The van der Waals surface area contributed by atoms with E-state index < -0.39 is 6.29 Å². The summed E-state index contributed by atoms with van der Waals surface area (Å²) in [6.07, 6.45) is 1.90. The molecule has 4 atom stereocenters. The second-order valence-electron chi connectivity index (χ2n) is 13.3. The highest BCUT2D eigenvalue weighted by Gasteiger charge is 2.38. The van der Waals surface area contributed by atoms with Crippen molar-refractivity contribution in [1.29, 1.82) is 0 Å². The number of hydrogen-bond donors (Lipinski definition) is 3. The van der Waals surface area contributed by atoms with E-state index in [2.05, 4.69) is 17.6 Å². The Labute approximate surface area is 315 Å². The minimum atomic E-state index is -0.621. The van der Waals surface area contributed by atoms with Crippen LogP contribution in [-0.2, 0) is 32.2 Å². The van der Waals surface area contributed by atoms with Crippen LogP contribution in [0.3, 0.4) is 0 Å². The highest BCUT2D eigenvalue weighted by atomic mass is 32.2. The Morgan fingerprint density at radius 2 is 1.43 bits per heavy atom. The summed E-state index contributed by atoms with van der Waals surface area (Å²) in [7, 11) is 0. The molecule has 1 saturated heterocycles. The van der Waals surface area contributed by atoms with E-state index in [9.17, 15) is 14.7 Å². The molecule has 1 aromatic heterocycles. The van der Waals surface area contributed by atoms with Gasteiger partial charge in [-0.05, 0) is 29.5 Å². The molecule has 6 rings (SSSR count). The highest BCUT2D eigenvalue weighted by Crippen LogP contribution is 2.44. The maximum atomic E-state index is 12.4. The molecule has 0 bridgehead atoms. The van der Waals surface area contributed by atoms with E-state index >= 15 is 0 Å². The van der Waals surface area contributed by atoms with Gasteiger partial charge in [-0.3, -0.25) is 9.59 Å². The van der Waals surface area contributed by atoms with E-state index in [1.54, 1.807) is 0 Å². The van der Waals surface area contributed by atoms with Crippen LogP contribution in [0.5, 0.6) is 0 Å². The largest absolute Gasteiger partial charge is 0.431 e. The molecule has 1 aliphatic rings. The monoisotopic (exact) mass is 733 g/mol. The number of aliphatic hydroxyl groups is 1. The molecule has 9 nitrogen and oxygen atoms in total. The van der Waals surface area contributed by atoms with Crippen LogP contribution in [0.2, 0.25) is 0 Å². The molecule has 5 aromatic rings. The van der Waals surface area contributed by atoms with Gasteiger partial charge in [-0.1, -0.05) is 134 Å². The molecule has 4 aromatic carbocycles. The number of carbonyl (C=O) groups excluding carboxylic acids is 2. The maximum absolute atomic E-state index is 12.4. The molecule has 0 spiro atoms. The molecule has 0 saturated carbocycles. The van der Waals surface area contributed by atoms with E-state index in [4.69, 9.17) is 18.9 Å². The molecule has 0 aliphatic carbocycles. The first-order valence-electron chi connectivity index (χ1n) is 18.2. The third-order valence-corrected chi connectivity index (χ3v) is 10.3. The number of aromatic nitrogens is 1. The first-order chi connectivity index (χ1) is 25.9. The smallest absolute Gasteiger partial charge is 0.256 e. The minimum Gasteiger partial charge on any atom is -0.431 e. The summed E-state index contributed by atoms with van der Waals surface area (Å²) < 4.78 is 19.8. The number of unbranched alkanes of at least 4 members (excludes halogenated alkanes) is 2. The number of benzene rings is 4. The van der Waals surface area contributed by atoms with Gasteiger partial charge >= 0.3 is 0 Å². The highest BCUT2D eigenvalue weighted by molar-refractivity contribution is 7.99. The second kappa shape index (κ2) is 18.8. The second-order valence-corrected chi connectivity index (χ2v) is 14.3. The lowest BCUT2D eigenvalue weighted by atomic mass is 9.91. The lowest BCUT2D eigenvalue weighted by Gasteiger charge is -2.41. The van der Waals surface area contributed by atoms with Gasteiger partial charge < -0.3 is 29.6 Å². The number of carbonyl (C=O) groups is 2. The lowest BCUT2D eigenvalue weighted by molar-refractivity contribution is -0.268. The Morgan fingerprint density at radius 3 is 2.11 bits per heavy atom. The number of nitrogens with zero attached hydrogens (tertiary/aromatic N) is 1. The number of oxazole rings is 1. The fourth-order valence-electron chi connectivity index (χ4n) is 6.34. The number of aliphatic hydroxyl groups excluding tert-OH is 1. The molecule has 10 heteroatoms. The number of hydrogen-bond acceptors (Lipinski definition) is 8. The Balaban J connectivity index is 1.14. The van der Waals surface area contributed by atoms with Crippen molar-refractivity contribution < 1.29 is 28.6 Å². The van der Waals surface area contributed by atoms with Gasteiger partial charge in [0, 0.05) is 54.8 Å². The van der Waals surface area contributed by atoms with Crippen molar-refractivity contribution in [3.05, 3.63) is 131 Å². The Bertz CT molecular complexity index is 1840. The summed E-state index contributed by atoms with van der Waals surface area (Å²) in [5.74, 6) is 1.29. The molecule has 3 N–H and O–H groups in total. The van der Waals surface area contributed by atoms with Crippen LogP contribution >= 0.6 is 11.8 Å². The van der Waals surface area contributed by atoms with Gasteiger partial charge in [0.05, 0.1) is 18.8 Å². The zero-order valence-electron chi connectivity index (χ0n) is 30.2. The first kappa shape index (κ1) is 38.0. The van der Waals surface area contributed by atoms with Gasteiger partial charge in [0.15, 0.2) is 12.1 Å². The third kappa shape index (κ3) is 10.4. The molecule has 276 valence electrons. The summed E-state index contributed by atoms with van der Waals surface area (Å²) in [5.41, 5.74) is 6.47. The van der Waals surface area contributed by atoms with E-state index in [0.29, 0.717) is 30.5 Å². The number of thioether (sulfide) groups is 1. The Kier molecular flexibility index (Phi) is 13.5. The zero-order valence-corrected chi connectivity index (χ0v) is 31.0. The Morgan fingerprint density at radius 1 is 0.774 bits per heavy atom. The van der Waals surface area contributed by atoms with Crippen molar-refractivity contribution in [2.24, 2.45) is 5.92 Å². The normalized spacial score (nSPS) is 18.4. The predicted molar refractivity (Wildman–Crippen MR) is 207 cm³/mol.